The van der Waals surface area contributed by atoms with Crippen molar-refractivity contribution in [2.24, 2.45) is 5.92 Å². The first-order valence-corrected chi connectivity index (χ1v) is 4.89. The Kier molecular flexibility index (Phi) is 3.85. The lowest BCUT2D eigenvalue weighted by Gasteiger charge is -2.04. The minimum Gasteiger partial charge on any atom is -0.287 e. The lowest BCUT2D eigenvalue weighted by molar-refractivity contribution is 0.0723. The van der Waals surface area contributed by atoms with E-state index < -0.39 is 10.0 Å². The maximum Gasteiger partial charge on any atom is 0.230 e. The van der Waals surface area contributed by atoms with Gasteiger partial charge in [0.15, 0.2) is 0 Å². The van der Waals surface area contributed by atoms with E-state index in [4.69, 9.17) is 0 Å². The molecule has 0 unspecified atom stereocenters. The molecule has 0 aliphatic carbocycles. The summed E-state index contributed by atoms with van der Waals surface area (Å²) in [6, 6.07) is 0. The molecule has 0 aliphatic heterocycles. The van der Waals surface area contributed by atoms with Crippen LogP contribution < -0.4 is 4.89 Å². The number of hydrogen-bond donors (Lipinski definition) is 1. The van der Waals surface area contributed by atoms with Crippen molar-refractivity contribution in [3.05, 3.63) is 0 Å². The van der Waals surface area contributed by atoms with E-state index in [9.17, 15) is 8.42 Å². The number of hydrogen-bond acceptors (Lipinski definition) is 3. The Balaban J connectivity index is 3.39. The molecule has 0 rings (SSSR count). The highest BCUT2D eigenvalue weighted by atomic mass is 32.2. The van der Waals surface area contributed by atoms with Gasteiger partial charge in [-0.15, -0.1) is 0 Å². The molecule has 0 saturated carbocycles. The van der Waals surface area contributed by atoms with Crippen LogP contribution in [-0.4, -0.2) is 21.3 Å². The summed E-state index contributed by atoms with van der Waals surface area (Å²) >= 11 is 0. The van der Waals surface area contributed by atoms with Crippen molar-refractivity contribution in [1.82, 2.24) is 4.89 Å². The van der Waals surface area contributed by atoms with Gasteiger partial charge in [-0.3, -0.25) is 4.84 Å². The van der Waals surface area contributed by atoms with Gasteiger partial charge >= 0.3 is 0 Å². The summed E-state index contributed by atoms with van der Waals surface area (Å²) in [6.45, 7) is 4.26. The van der Waals surface area contributed by atoms with Gasteiger partial charge in [-0.2, -0.15) is 0 Å². The fourth-order valence-electron chi connectivity index (χ4n) is 0.308. The topological polar surface area (TPSA) is 55.4 Å². The summed E-state index contributed by atoms with van der Waals surface area (Å²) in [5, 5.41) is 0. The van der Waals surface area contributed by atoms with Crippen molar-refractivity contribution in [2.45, 2.75) is 13.8 Å². The predicted octanol–water partition coefficient (Wildman–Crippen LogP) is 0.123. The van der Waals surface area contributed by atoms with E-state index in [2.05, 4.69) is 4.84 Å². The second-order valence-electron chi connectivity index (χ2n) is 2.56. The van der Waals surface area contributed by atoms with Crippen molar-refractivity contribution in [3.63, 3.8) is 0 Å². The van der Waals surface area contributed by atoms with Crippen LogP contribution >= 0.6 is 0 Å². The number of rotatable bonds is 4. The van der Waals surface area contributed by atoms with E-state index in [0.717, 1.165) is 6.26 Å². The summed E-state index contributed by atoms with van der Waals surface area (Å²) in [5.41, 5.74) is 0. The van der Waals surface area contributed by atoms with Crippen LogP contribution in [0.2, 0.25) is 0 Å². The van der Waals surface area contributed by atoms with Crippen molar-refractivity contribution in [2.75, 3.05) is 12.9 Å². The summed E-state index contributed by atoms with van der Waals surface area (Å²) in [6.07, 6.45) is 1.05. The molecule has 62 valence electrons. The summed E-state index contributed by atoms with van der Waals surface area (Å²) in [7, 11) is -3.19. The highest BCUT2D eigenvalue weighted by molar-refractivity contribution is 7.88. The standard InChI is InChI=1S/C5H13NO3S/c1-5(2)4-9-6-10(3,7)8/h5-6H,4H2,1-3H3. The fraction of sp³-hybridized carbons (Fsp3) is 1.00. The number of sulfonamides is 1. The Morgan fingerprint density at radius 1 is 1.50 bits per heavy atom. The Hall–Kier alpha value is -0.130. The first-order chi connectivity index (χ1) is 4.42. The SMILES string of the molecule is CC(C)CONS(C)(=O)=O. The van der Waals surface area contributed by atoms with Crippen LogP contribution in [0.4, 0.5) is 0 Å². The van der Waals surface area contributed by atoms with Crippen molar-refractivity contribution in [3.8, 4) is 0 Å². The molecular weight excluding hydrogens is 154 g/mol. The molecule has 1 N–H and O–H groups in total. The molecule has 0 amide bonds. The summed E-state index contributed by atoms with van der Waals surface area (Å²) in [5.74, 6) is 0.328. The normalized spacial score (nSPS) is 12.4. The maximum atomic E-state index is 10.4. The van der Waals surface area contributed by atoms with Gasteiger partial charge < -0.3 is 0 Å². The molecule has 0 saturated heterocycles. The third-order valence-corrected chi connectivity index (χ3v) is 1.05. The zero-order valence-corrected chi connectivity index (χ0v) is 7.23. The molecule has 0 fully saturated rings. The molecule has 0 spiro atoms. The van der Waals surface area contributed by atoms with Gasteiger partial charge in [0, 0.05) is 0 Å². The summed E-state index contributed by atoms with van der Waals surface area (Å²) < 4.78 is 20.8. The Morgan fingerprint density at radius 2 is 2.00 bits per heavy atom. The molecule has 5 heteroatoms. The fourth-order valence-corrected chi connectivity index (χ4v) is 0.590. The van der Waals surface area contributed by atoms with E-state index in [1.807, 2.05) is 18.7 Å². The molecule has 0 aliphatic rings. The predicted molar refractivity (Wildman–Crippen MR) is 38.8 cm³/mol. The quantitative estimate of drug-likeness (QED) is 0.605. The molecule has 0 radical (unpaired) electrons. The first-order valence-electron chi connectivity index (χ1n) is 3.00. The lowest BCUT2D eigenvalue weighted by Crippen LogP contribution is -2.24. The Morgan fingerprint density at radius 3 is 2.30 bits per heavy atom. The number of nitrogens with one attached hydrogen (secondary N) is 1. The van der Waals surface area contributed by atoms with Crippen molar-refractivity contribution >= 4 is 10.0 Å². The third-order valence-electron chi connectivity index (χ3n) is 0.627. The van der Waals surface area contributed by atoms with E-state index >= 15 is 0 Å². The largest absolute Gasteiger partial charge is 0.287 e. The first kappa shape index (κ1) is 9.87. The van der Waals surface area contributed by atoms with Gasteiger partial charge in [0.2, 0.25) is 10.0 Å². The lowest BCUT2D eigenvalue weighted by atomic mass is 10.2. The van der Waals surface area contributed by atoms with Crippen LogP contribution in [0, 0.1) is 5.92 Å². The van der Waals surface area contributed by atoms with Crippen LogP contribution in [0.25, 0.3) is 0 Å². The van der Waals surface area contributed by atoms with Gasteiger partial charge in [0.25, 0.3) is 0 Å². The van der Waals surface area contributed by atoms with Gasteiger partial charge in [-0.1, -0.05) is 18.7 Å². The van der Waals surface area contributed by atoms with Crippen LogP contribution in [-0.2, 0) is 14.9 Å². The third kappa shape index (κ3) is 7.87. The van der Waals surface area contributed by atoms with Crippen LogP contribution in [0.3, 0.4) is 0 Å². The van der Waals surface area contributed by atoms with E-state index in [1.165, 1.54) is 0 Å². The van der Waals surface area contributed by atoms with E-state index in [0.29, 0.717) is 12.5 Å². The van der Waals surface area contributed by atoms with Crippen LogP contribution in [0.5, 0.6) is 0 Å². The molecule has 0 atom stereocenters. The smallest absolute Gasteiger partial charge is 0.230 e. The molecule has 4 nitrogen and oxygen atoms in total. The van der Waals surface area contributed by atoms with Gasteiger partial charge in [0.1, 0.15) is 0 Å². The molecule has 0 aromatic heterocycles. The minimum atomic E-state index is -3.19. The highest BCUT2D eigenvalue weighted by Crippen LogP contribution is 1.90. The Labute approximate surface area is 61.6 Å². The summed E-state index contributed by atoms with van der Waals surface area (Å²) in [4.78, 5) is 6.55. The van der Waals surface area contributed by atoms with Crippen molar-refractivity contribution < 1.29 is 13.3 Å². The second-order valence-corrected chi connectivity index (χ2v) is 4.27. The average molecular weight is 167 g/mol. The van der Waals surface area contributed by atoms with E-state index in [1.54, 1.807) is 0 Å². The van der Waals surface area contributed by atoms with Gasteiger partial charge in [0.05, 0.1) is 12.9 Å². The molecule has 10 heavy (non-hydrogen) atoms. The molecule has 0 heterocycles. The molecule has 0 aromatic rings. The van der Waals surface area contributed by atoms with Crippen LogP contribution in [0.1, 0.15) is 13.8 Å². The zero-order valence-electron chi connectivity index (χ0n) is 6.42. The minimum absolute atomic E-state index is 0.328. The van der Waals surface area contributed by atoms with Crippen LogP contribution in [0.15, 0.2) is 0 Å². The van der Waals surface area contributed by atoms with Gasteiger partial charge in [-0.25, -0.2) is 8.42 Å². The molecule has 0 aromatic carbocycles. The molecule has 0 bridgehead atoms. The monoisotopic (exact) mass is 167 g/mol. The maximum absolute atomic E-state index is 10.4. The second kappa shape index (κ2) is 3.90. The molecular formula is C5H13NO3S. The zero-order chi connectivity index (χ0) is 8.20. The Bertz CT molecular complexity index is 173. The van der Waals surface area contributed by atoms with Gasteiger partial charge in [-0.05, 0) is 5.92 Å². The van der Waals surface area contributed by atoms with Crippen molar-refractivity contribution in [1.29, 1.82) is 0 Å². The highest BCUT2D eigenvalue weighted by Gasteiger charge is 2.00. The average Bonchev–Trinajstić information content (AvgIpc) is 1.59. The van der Waals surface area contributed by atoms with E-state index in [-0.39, 0.29) is 0 Å².